The van der Waals surface area contributed by atoms with Gasteiger partial charge >= 0.3 is 5.69 Å². The molecule has 0 aromatic heterocycles. The molecule has 1 fully saturated rings. The van der Waals surface area contributed by atoms with Gasteiger partial charge in [-0.05, 0) is 30.4 Å². The van der Waals surface area contributed by atoms with E-state index in [0.29, 0.717) is 12.2 Å². The Balaban J connectivity index is 2.22. The number of nitrogens with one attached hydrogen (secondary N) is 1. The molecule has 18 heavy (non-hydrogen) atoms. The third-order valence-corrected chi connectivity index (χ3v) is 3.61. The van der Waals surface area contributed by atoms with Gasteiger partial charge in [0.05, 0.1) is 4.92 Å². The van der Waals surface area contributed by atoms with E-state index in [1.807, 2.05) is 6.07 Å². The van der Waals surface area contributed by atoms with E-state index in [1.54, 1.807) is 12.1 Å². The Kier molecular flexibility index (Phi) is 3.19. The zero-order valence-corrected chi connectivity index (χ0v) is 10.3. The van der Waals surface area contributed by atoms with Crippen molar-refractivity contribution in [2.45, 2.75) is 26.2 Å². The van der Waals surface area contributed by atoms with Crippen LogP contribution in [0.1, 0.15) is 31.7 Å². The fourth-order valence-corrected chi connectivity index (χ4v) is 2.24. The van der Waals surface area contributed by atoms with E-state index in [4.69, 9.17) is 5.26 Å². The monoisotopic (exact) mass is 245 g/mol. The second kappa shape index (κ2) is 4.65. The maximum atomic E-state index is 11.0. The molecule has 0 spiro atoms. The average Bonchev–Trinajstić information content (AvgIpc) is 2.33. The number of nitro benzene ring substituents is 1. The van der Waals surface area contributed by atoms with Gasteiger partial charge < -0.3 is 5.32 Å². The second-order valence-corrected chi connectivity index (χ2v) is 5.09. The van der Waals surface area contributed by atoms with Crippen molar-refractivity contribution >= 4 is 11.4 Å². The lowest BCUT2D eigenvalue weighted by molar-refractivity contribution is -0.384. The summed E-state index contributed by atoms with van der Waals surface area (Å²) in [6.45, 7) is 2.88. The van der Waals surface area contributed by atoms with Crippen LogP contribution >= 0.6 is 0 Å². The van der Waals surface area contributed by atoms with E-state index in [-0.39, 0.29) is 16.7 Å². The van der Waals surface area contributed by atoms with Gasteiger partial charge in [0, 0.05) is 6.54 Å². The topological polar surface area (TPSA) is 79.0 Å². The summed E-state index contributed by atoms with van der Waals surface area (Å²) in [5, 5.41) is 23.0. The molecule has 0 saturated heterocycles. The first kappa shape index (κ1) is 12.4. The molecule has 1 aromatic carbocycles. The Hall–Kier alpha value is -2.09. The summed E-state index contributed by atoms with van der Waals surface area (Å²) in [7, 11) is 0. The SMILES string of the molecule is CC1(CNc2cccc(C#N)c2[N+](=O)[O-])CCC1. The van der Waals surface area contributed by atoms with Crippen molar-refractivity contribution in [2.75, 3.05) is 11.9 Å². The lowest BCUT2D eigenvalue weighted by Gasteiger charge is -2.38. The number of para-hydroxylation sites is 1. The van der Waals surface area contributed by atoms with Gasteiger partial charge in [0.1, 0.15) is 17.3 Å². The van der Waals surface area contributed by atoms with Crippen molar-refractivity contribution < 1.29 is 4.92 Å². The summed E-state index contributed by atoms with van der Waals surface area (Å²) >= 11 is 0. The number of nitrogens with zero attached hydrogens (tertiary/aromatic N) is 2. The number of anilines is 1. The van der Waals surface area contributed by atoms with Crippen molar-refractivity contribution in [3.63, 3.8) is 0 Å². The fourth-order valence-electron chi connectivity index (χ4n) is 2.24. The Morgan fingerprint density at radius 2 is 2.28 bits per heavy atom. The fraction of sp³-hybridized carbons (Fsp3) is 0.462. The molecule has 5 nitrogen and oxygen atoms in total. The average molecular weight is 245 g/mol. The smallest absolute Gasteiger partial charge is 0.309 e. The summed E-state index contributed by atoms with van der Waals surface area (Å²) in [5.41, 5.74) is 0.648. The third kappa shape index (κ3) is 2.28. The summed E-state index contributed by atoms with van der Waals surface area (Å²) in [4.78, 5) is 10.5. The van der Waals surface area contributed by atoms with Crippen LogP contribution in [0.15, 0.2) is 18.2 Å². The van der Waals surface area contributed by atoms with Gasteiger partial charge in [-0.1, -0.05) is 19.4 Å². The third-order valence-electron chi connectivity index (χ3n) is 3.61. The first-order valence-corrected chi connectivity index (χ1v) is 5.97. The van der Waals surface area contributed by atoms with E-state index < -0.39 is 4.92 Å². The van der Waals surface area contributed by atoms with Crippen molar-refractivity contribution in [3.05, 3.63) is 33.9 Å². The highest BCUT2D eigenvalue weighted by molar-refractivity contribution is 5.68. The summed E-state index contributed by atoms with van der Waals surface area (Å²) < 4.78 is 0. The van der Waals surface area contributed by atoms with E-state index >= 15 is 0 Å². The van der Waals surface area contributed by atoms with Crippen LogP contribution in [0.25, 0.3) is 0 Å². The highest BCUT2D eigenvalue weighted by Gasteiger charge is 2.32. The van der Waals surface area contributed by atoms with Gasteiger partial charge in [-0.3, -0.25) is 10.1 Å². The molecule has 0 amide bonds. The van der Waals surface area contributed by atoms with Crippen LogP contribution in [0.5, 0.6) is 0 Å². The minimum Gasteiger partial charge on any atom is -0.379 e. The lowest BCUT2D eigenvalue weighted by atomic mass is 9.70. The predicted molar refractivity (Wildman–Crippen MR) is 68.3 cm³/mol. The predicted octanol–water partition coefficient (Wildman–Crippen LogP) is 3.07. The van der Waals surface area contributed by atoms with Crippen LogP contribution in [0.3, 0.4) is 0 Å². The van der Waals surface area contributed by atoms with Gasteiger partial charge in [0.2, 0.25) is 0 Å². The Morgan fingerprint density at radius 3 is 2.78 bits per heavy atom. The molecule has 1 aromatic rings. The maximum absolute atomic E-state index is 11.0. The first-order valence-electron chi connectivity index (χ1n) is 5.97. The Bertz CT molecular complexity index is 515. The molecule has 1 aliphatic carbocycles. The van der Waals surface area contributed by atoms with Crippen LogP contribution < -0.4 is 5.32 Å². The number of rotatable bonds is 4. The quantitative estimate of drug-likeness (QED) is 0.653. The summed E-state index contributed by atoms with van der Waals surface area (Å²) in [6, 6.07) is 6.64. The summed E-state index contributed by atoms with van der Waals surface area (Å²) in [5.74, 6) is 0. The highest BCUT2D eigenvalue weighted by atomic mass is 16.6. The van der Waals surface area contributed by atoms with E-state index in [2.05, 4.69) is 12.2 Å². The zero-order valence-electron chi connectivity index (χ0n) is 10.3. The molecule has 0 unspecified atom stereocenters. The molecule has 0 atom stereocenters. The number of hydrogen-bond donors (Lipinski definition) is 1. The van der Waals surface area contributed by atoms with Gasteiger partial charge in [-0.2, -0.15) is 5.26 Å². The number of nitro groups is 1. The molecule has 5 heteroatoms. The normalized spacial score (nSPS) is 16.4. The first-order chi connectivity index (χ1) is 8.56. The second-order valence-electron chi connectivity index (χ2n) is 5.09. The number of nitriles is 1. The van der Waals surface area contributed by atoms with E-state index in [9.17, 15) is 10.1 Å². The zero-order chi connectivity index (χ0) is 13.2. The molecule has 1 N–H and O–H groups in total. The van der Waals surface area contributed by atoms with Crippen LogP contribution in [0.2, 0.25) is 0 Å². The molecular formula is C13H15N3O2. The molecule has 0 bridgehead atoms. The standard InChI is InChI=1S/C13H15N3O2/c1-13(6-3-7-13)9-15-11-5-2-4-10(8-14)12(11)16(17)18/h2,4-5,15H,3,6-7,9H2,1H3. The van der Waals surface area contributed by atoms with E-state index in [1.165, 1.54) is 12.5 Å². The van der Waals surface area contributed by atoms with Gasteiger partial charge in [-0.25, -0.2) is 0 Å². The van der Waals surface area contributed by atoms with Crippen LogP contribution in [0.4, 0.5) is 11.4 Å². The van der Waals surface area contributed by atoms with Crippen molar-refractivity contribution in [1.82, 2.24) is 0 Å². The lowest BCUT2D eigenvalue weighted by Crippen LogP contribution is -2.33. The molecule has 2 rings (SSSR count). The number of benzene rings is 1. The van der Waals surface area contributed by atoms with Crippen LogP contribution in [-0.4, -0.2) is 11.5 Å². The maximum Gasteiger partial charge on any atom is 0.309 e. The Labute approximate surface area is 106 Å². The van der Waals surface area contributed by atoms with Gasteiger partial charge in [0.15, 0.2) is 0 Å². The molecule has 0 heterocycles. The number of hydrogen-bond acceptors (Lipinski definition) is 4. The van der Waals surface area contributed by atoms with Crippen LogP contribution in [0, 0.1) is 26.9 Å². The minimum atomic E-state index is -0.496. The minimum absolute atomic E-state index is 0.101. The van der Waals surface area contributed by atoms with Crippen molar-refractivity contribution in [3.8, 4) is 6.07 Å². The van der Waals surface area contributed by atoms with Crippen molar-refractivity contribution in [1.29, 1.82) is 5.26 Å². The highest BCUT2D eigenvalue weighted by Crippen LogP contribution is 2.41. The molecule has 1 saturated carbocycles. The summed E-state index contributed by atoms with van der Waals surface area (Å²) in [6.07, 6.45) is 3.51. The van der Waals surface area contributed by atoms with Crippen molar-refractivity contribution in [2.24, 2.45) is 5.41 Å². The van der Waals surface area contributed by atoms with Gasteiger partial charge in [0.25, 0.3) is 0 Å². The molecule has 0 aliphatic heterocycles. The molecular weight excluding hydrogens is 230 g/mol. The molecule has 1 aliphatic rings. The van der Waals surface area contributed by atoms with Gasteiger partial charge in [-0.15, -0.1) is 0 Å². The molecule has 94 valence electrons. The molecule has 0 radical (unpaired) electrons. The van der Waals surface area contributed by atoms with Crippen LogP contribution in [-0.2, 0) is 0 Å². The Morgan fingerprint density at radius 1 is 1.56 bits per heavy atom. The largest absolute Gasteiger partial charge is 0.379 e. The van der Waals surface area contributed by atoms with E-state index in [0.717, 1.165) is 12.8 Å².